The zero-order valence-corrected chi connectivity index (χ0v) is 13.7. The van der Waals surface area contributed by atoms with Crippen LogP contribution < -0.4 is 0 Å². The largest absolute Gasteiger partial charge is 0.435 e. The van der Waals surface area contributed by atoms with Crippen molar-refractivity contribution in [2.75, 3.05) is 6.26 Å². The minimum Gasteiger partial charge on any atom is -0.242 e. The van der Waals surface area contributed by atoms with Crippen LogP contribution >= 0.6 is 0 Å². The third kappa shape index (κ3) is 3.55. The van der Waals surface area contributed by atoms with Gasteiger partial charge in [-0.05, 0) is 18.2 Å². The zero-order valence-electron chi connectivity index (χ0n) is 12.9. The van der Waals surface area contributed by atoms with Crippen LogP contribution in [-0.4, -0.2) is 29.4 Å². The second-order valence-electron chi connectivity index (χ2n) is 5.32. The summed E-state index contributed by atoms with van der Waals surface area (Å²) < 4.78 is 63.2. The van der Waals surface area contributed by atoms with Crippen LogP contribution in [0.1, 0.15) is 5.69 Å². The molecule has 25 heavy (non-hydrogen) atoms. The highest BCUT2D eigenvalue weighted by atomic mass is 32.2. The summed E-state index contributed by atoms with van der Waals surface area (Å²) in [7, 11) is -3.50. The van der Waals surface area contributed by atoms with Gasteiger partial charge in [-0.25, -0.2) is 18.1 Å². The van der Waals surface area contributed by atoms with Gasteiger partial charge in [-0.1, -0.05) is 30.3 Å². The Kier molecular flexibility index (Phi) is 4.11. The van der Waals surface area contributed by atoms with E-state index >= 15 is 0 Å². The number of alkyl halides is 3. The third-order valence-corrected chi connectivity index (χ3v) is 4.42. The first-order chi connectivity index (χ1) is 11.7. The summed E-state index contributed by atoms with van der Waals surface area (Å²) in [6.07, 6.45) is -2.43. The molecule has 0 unspecified atom stereocenters. The van der Waals surface area contributed by atoms with Crippen LogP contribution in [0, 0.1) is 0 Å². The van der Waals surface area contributed by atoms with Gasteiger partial charge in [0.1, 0.15) is 0 Å². The minimum absolute atomic E-state index is 0.166. The lowest BCUT2D eigenvalue weighted by atomic mass is 10.1. The van der Waals surface area contributed by atoms with Crippen LogP contribution in [0.3, 0.4) is 0 Å². The fourth-order valence-electron chi connectivity index (χ4n) is 2.25. The van der Waals surface area contributed by atoms with E-state index in [0.717, 1.165) is 17.0 Å². The van der Waals surface area contributed by atoms with Crippen molar-refractivity contribution in [3.05, 3.63) is 60.4 Å². The van der Waals surface area contributed by atoms with Gasteiger partial charge in [0, 0.05) is 11.8 Å². The van der Waals surface area contributed by atoms with Crippen LogP contribution in [0.4, 0.5) is 13.2 Å². The summed E-state index contributed by atoms with van der Waals surface area (Å²) in [4.78, 5) is 3.80. The van der Waals surface area contributed by atoms with Gasteiger partial charge in [-0.3, -0.25) is 0 Å². The number of rotatable bonds is 3. The van der Waals surface area contributed by atoms with Crippen LogP contribution in [0.25, 0.3) is 16.9 Å². The standard InChI is InChI=1S/C16H12F3N3O2S/c1-25(23,24)15-8-7-12(10-20-15)22-13(11-5-3-2-4-6-11)9-14(21-22)16(17,18)19/h2-10H,1H3. The number of aromatic nitrogens is 3. The Balaban J connectivity index is 2.16. The smallest absolute Gasteiger partial charge is 0.242 e. The van der Waals surface area contributed by atoms with E-state index in [1.165, 1.54) is 18.3 Å². The molecule has 1 aromatic carbocycles. The van der Waals surface area contributed by atoms with Crippen LogP contribution in [0.5, 0.6) is 0 Å². The molecule has 0 bridgehead atoms. The van der Waals surface area contributed by atoms with Crippen LogP contribution in [0.2, 0.25) is 0 Å². The maximum atomic E-state index is 13.1. The molecular formula is C16H12F3N3O2S. The maximum Gasteiger partial charge on any atom is 0.435 e. The van der Waals surface area contributed by atoms with E-state index < -0.39 is 21.7 Å². The highest BCUT2D eigenvalue weighted by Gasteiger charge is 2.35. The number of sulfone groups is 1. The number of halogens is 3. The quantitative estimate of drug-likeness (QED) is 0.712. The van der Waals surface area contributed by atoms with E-state index in [2.05, 4.69) is 10.1 Å². The van der Waals surface area contributed by atoms with Gasteiger partial charge in [0.25, 0.3) is 0 Å². The average Bonchev–Trinajstić information content (AvgIpc) is 3.00. The minimum atomic E-state index is -4.60. The molecule has 0 aliphatic carbocycles. The van der Waals surface area contributed by atoms with Gasteiger partial charge < -0.3 is 0 Å². The van der Waals surface area contributed by atoms with E-state index in [4.69, 9.17) is 0 Å². The van der Waals surface area contributed by atoms with Crippen molar-refractivity contribution in [1.82, 2.24) is 14.8 Å². The summed E-state index contributed by atoms with van der Waals surface area (Å²) in [5, 5.41) is 3.46. The van der Waals surface area contributed by atoms with E-state index in [1.807, 2.05) is 0 Å². The van der Waals surface area contributed by atoms with Crippen molar-refractivity contribution in [2.45, 2.75) is 11.2 Å². The third-order valence-electron chi connectivity index (χ3n) is 3.41. The summed E-state index contributed by atoms with van der Waals surface area (Å²) in [6, 6.07) is 12.0. The monoisotopic (exact) mass is 367 g/mol. The Morgan fingerprint density at radius 3 is 2.24 bits per heavy atom. The average molecular weight is 367 g/mol. The number of benzene rings is 1. The fraction of sp³-hybridized carbons (Fsp3) is 0.125. The Labute approximate surface area is 141 Å². The van der Waals surface area contributed by atoms with Crippen LogP contribution in [0.15, 0.2) is 59.8 Å². The molecule has 130 valence electrons. The number of hydrogen-bond donors (Lipinski definition) is 0. The molecule has 0 radical (unpaired) electrons. The Morgan fingerprint density at radius 1 is 1.04 bits per heavy atom. The molecule has 0 saturated heterocycles. The normalized spacial score (nSPS) is 12.3. The predicted molar refractivity (Wildman–Crippen MR) is 84.9 cm³/mol. The molecule has 3 aromatic rings. The molecule has 0 amide bonds. The molecule has 9 heteroatoms. The van der Waals surface area contributed by atoms with E-state index in [1.54, 1.807) is 30.3 Å². The van der Waals surface area contributed by atoms with Gasteiger partial charge in [-0.2, -0.15) is 18.3 Å². The summed E-state index contributed by atoms with van der Waals surface area (Å²) in [5.41, 5.74) is -0.0557. The first-order valence-electron chi connectivity index (χ1n) is 7.05. The first-order valence-corrected chi connectivity index (χ1v) is 8.94. The molecule has 0 aliphatic heterocycles. The molecule has 5 nitrogen and oxygen atoms in total. The van der Waals surface area contributed by atoms with Gasteiger partial charge in [-0.15, -0.1) is 0 Å². The van der Waals surface area contributed by atoms with Crippen molar-refractivity contribution in [3.8, 4) is 16.9 Å². The Bertz CT molecular complexity index is 995. The second kappa shape index (κ2) is 5.99. The maximum absolute atomic E-state index is 13.1. The molecule has 0 atom stereocenters. The molecule has 0 fully saturated rings. The lowest BCUT2D eigenvalue weighted by Gasteiger charge is -2.08. The molecule has 0 N–H and O–H groups in total. The fourth-order valence-corrected chi connectivity index (χ4v) is 2.81. The first kappa shape index (κ1) is 17.2. The summed E-state index contributed by atoms with van der Waals surface area (Å²) in [5.74, 6) is 0. The Hall–Kier alpha value is -2.68. The van der Waals surface area contributed by atoms with Crippen molar-refractivity contribution in [2.24, 2.45) is 0 Å². The molecule has 0 spiro atoms. The lowest BCUT2D eigenvalue weighted by molar-refractivity contribution is -0.141. The SMILES string of the molecule is CS(=O)(=O)c1ccc(-n2nc(C(F)(F)F)cc2-c2ccccc2)cn1. The molecule has 0 aliphatic rings. The molecule has 0 saturated carbocycles. The van der Waals surface area contributed by atoms with Gasteiger partial charge >= 0.3 is 6.18 Å². The number of pyridine rings is 1. The van der Waals surface area contributed by atoms with Crippen molar-refractivity contribution in [1.29, 1.82) is 0 Å². The van der Waals surface area contributed by atoms with Gasteiger partial charge in [0.15, 0.2) is 20.6 Å². The summed E-state index contributed by atoms with van der Waals surface area (Å²) in [6.45, 7) is 0. The van der Waals surface area contributed by atoms with Crippen LogP contribution in [-0.2, 0) is 16.0 Å². The molecule has 2 heterocycles. The molecule has 2 aromatic heterocycles. The number of hydrogen-bond acceptors (Lipinski definition) is 4. The lowest BCUT2D eigenvalue weighted by Crippen LogP contribution is -2.08. The Morgan fingerprint density at radius 2 is 1.72 bits per heavy atom. The van der Waals surface area contributed by atoms with Gasteiger partial charge in [0.2, 0.25) is 0 Å². The predicted octanol–water partition coefficient (Wildman–Crippen LogP) is 3.36. The highest BCUT2D eigenvalue weighted by Crippen LogP contribution is 2.33. The second-order valence-corrected chi connectivity index (χ2v) is 7.28. The zero-order chi connectivity index (χ0) is 18.2. The van der Waals surface area contributed by atoms with E-state index in [-0.39, 0.29) is 16.4 Å². The van der Waals surface area contributed by atoms with E-state index in [0.29, 0.717) is 5.56 Å². The molecule has 3 rings (SSSR count). The van der Waals surface area contributed by atoms with Crippen molar-refractivity contribution < 1.29 is 21.6 Å². The topological polar surface area (TPSA) is 64.8 Å². The van der Waals surface area contributed by atoms with Gasteiger partial charge in [0.05, 0.1) is 17.6 Å². The molecular weight excluding hydrogens is 355 g/mol. The van der Waals surface area contributed by atoms with Crippen molar-refractivity contribution in [3.63, 3.8) is 0 Å². The number of nitrogens with zero attached hydrogens (tertiary/aromatic N) is 3. The highest BCUT2D eigenvalue weighted by molar-refractivity contribution is 7.90. The van der Waals surface area contributed by atoms with Crippen molar-refractivity contribution >= 4 is 9.84 Å². The van der Waals surface area contributed by atoms with E-state index in [9.17, 15) is 21.6 Å². The summed E-state index contributed by atoms with van der Waals surface area (Å²) >= 11 is 0.